The van der Waals surface area contributed by atoms with Crippen LogP contribution in [-0.2, 0) is 0 Å². The van der Waals surface area contributed by atoms with E-state index in [4.69, 9.17) is 4.74 Å². The summed E-state index contributed by atoms with van der Waals surface area (Å²) in [7, 11) is 1.68. The highest BCUT2D eigenvalue weighted by molar-refractivity contribution is 7.80. The summed E-state index contributed by atoms with van der Waals surface area (Å²) in [4.78, 5) is 0.862. The molecule has 0 amide bonds. The molecular weight excluding hydrogens is 264 g/mol. The van der Waals surface area contributed by atoms with Crippen LogP contribution in [-0.4, -0.2) is 7.11 Å². The van der Waals surface area contributed by atoms with Crippen LogP contribution in [0.2, 0.25) is 0 Å². The molecule has 0 aliphatic heterocycles. The van der Waals surface area contributed by atoms with E-state index in [-0.39, 0.29) is 0 Å². The van der Waals surface area contributed by atoms with Crippen molar-refractivity contribution in [2.45, 2.75) is 11.8 Å². The van der Waals surface area contributed by atoms with Crippen molar-refractivity contribution in [1.82, 2.24) is 0 Å². The summed E-state index contributed by atoms with van der Waals surface area (Å²) in [6.07, 6.45) is 0. The Morgan fingerprint density at radius 1 is 0.950 bits per heavy atom. The second kappa shape index (κ2) is 5.22. The first-order valence-electron chi connectivity index (χ1n) is 6.56. The maximum Gasteiger partial charge on any atom is 0.132 e. The molecule has 0 unspecified atom stereocenters. The number of thiol groups is 1. The summed E-state index contributed by atoms with van der Waals surface area (Å²) in [5, 5.41) is 2.38. The van der Waals surface area contributed by atoms with Crippen LogP contribution in [0.4, 0.5) is 0 Å². The van der Waals surface area contributed by atoms with Gasteiger partial charge in [0.1, 0.15) is 5.75 Å². The lowest BCUT2D eigenvalue weighted by Crippen LogP contribution is -1.88. The van der Waals surface area contributed by atoms with Gasteiger partial charge in [0, 0.05) is 4.90 Å². The van der Waals surface area contributed by atoms with Crippen molar-refractivity contribution >= 4 is 23.4 Å². The highest BCUT2D eigenvalue weighted by atomic mass is 32.1. The van der Waals surface area contributed by atoms with Gasteiger partial charge in [0.25, 0.3) is 0 Å². The van der Waals surface area contributed by atoms with Crippen LogP contribution >= 0.6 is 12.6 Å². The maximum absolute atomic E-state index is 5.36. The van der Waals surface area contributed by atoms with Crippen LogP contribution in [0.5, 0.6) is 5.75 Å². The Balaban J connectivity index is 2.35. The molecule has 0 atom stereocenters. The van der Waals surface area contributed by atoms with Gasteiger partial charge >= 0.3 is 0 Å². The van der Waals surface area contributed by atoms with E-state index in [9.17, 15) is 0 Å². The van der Waals surface area contributed by atoms with Crippen molar-refractivity contribution < 1.29 is 4.74 Å². The van der Waals surface area contributed by atoms with Gasteiger partial charge in [0.05, 0.1) is 7.11 Å². The first-order valence-corrected chi connectivity index (χ1v) is 7.00. The van der Waals surface area contributed by atoms with E-state index in [1.165, 1.54) is 27.5 Å². The largest absolute Gasteiger partial charge is 0.496 e. The molecule has 0 N–H and O–H groups in total. The third-order valence-electron chi connectivity index (χ3n) is 3.48. The summed E-state index contributed by atoms with van der Waals surface area (Å²) in [5.74, 6) is 0.811. The smallest absolute Gasteiger partial charge is 0.132 e. The zero-order valence-corrected chi connectivity index (χ0v) is 12.4. The number of hydrogen-bond donors (Lipinski definition) is 1. The third-order valence-corrected chi connectivity index (χ3v) is 3.83. The minimum atomic E-state index is 0.811. The van der Waals surface area contributed by atoms with E-state index in [1.54, 1.807) is 7.11 Å². The minimum absolute atomic E-state index is 0.811. The van der Waals surface area contributed by atoms with Crippen molar-refractivity contribution in [3.63, 3.8) is 0 Å². The van der Waals surface area contributed by atoms with Crippen LogP contribution in [0.25, 0.3) is 21.9 Å². The van der Waals surface area contributed by atoms with Crippen molar-refractivity contribution in [2.24, 2.45) is 0 Å². The van der Waals surface area contributed by atoms with Crippen molar-refractivity contribution in [3.05, 3.63) is 60.2 Å². The molecule has 20 heavy (non-hydrogen) atoms. The number of benzene rings is 3. The molecule has 0 aliphatic rings. The molecule has 3 aromatic rings. The second-order valence-electron chi connectivity index (χ2n) is 4.92. The fraction of sp³-hybridized carbons (Fsp3) is 0.111. The van der Waals surface area contributed by atoms with Gasteiger partial charge in [-0.15, -0.1) is 12.6 Å². The molecule has 0 heterocycles. The number of hydrogen-bond acceptors (Lipinski definition) is 2. The molecule has 0 aliphatic carbocycles. The number of fused-ring (bicyclic) bond motifs is 1. The van der Waals surface area contributed by atoms with Gasteiger partial charge < -0.3 is 4.74 Å². The molecule has 0 aromatic heterocycles. The molecule has 0 bridgehead atoms. The summed E-state index contributed by atoms with van der Waals surface area (Å²) >= 11 is 4.51. The first-order chi connectivity index (χ1) is 9.69. The normalized spacial score (nSPS) is 10.8. The average Bonchev–Trinajstić information content (AvgIpc) is 2.47. The molecule has 100 valence electrons. The number of methoxy groups -OCH3 is 1. The fourth-order valence-electron chi connectivity index (χ4n) is 2.55. The van der Waals surface area contributed by atoms with Crippen molar-refractivity contribution in [3.8, 4) is 16.9 Å². The Morgan fingerprint density at radius 3 is 2.40 bits per heavy atom. The van der Waals surface area contributed by atoms with Crippen LogP contribution in [0.3, 0.4) is 0 Å². The van der Waals surface area contributed by atoms with Gasteiger partial charge in [-0.1, -0.05) is 42.5 Å². The third kappa shape index (κ3) is 2.27. The molecule has 2 heteroatoms. The molecular formula is C18H16OS. The lowest BCUT2D eigenvalue weighted by atomic mass is 9.96. The molecule has 0 saturated carbocycles. The molecule has 0 saturated heterocycles. The predicted octanol–water partition coefficient (Wildman–Crippen LogP) is 5.11. The summed E-state index contributed by atoms with van der Waals surface area (Å²) in [6.45, 7) is 2.12. The number of ether oxygens (including phenoxy) is 1. The van der Waals surface area contributed by atoms with Crippen LogP contribution in [0, 0.1) is 6.92 Å². The summed E-state index contributed by atoms with van der Waals surface area (Å²) in [5.41, 5.74) is 3.70. The second-order valence-corrected chi connectivity index (χ2v) is 5.41. The molecule has 3 rings (SSSR count). The molecule has 3 aromatic carbocycles. The van der Waals surface area contributed by atoms with Crippen molar-refractivity contribution in [2.75, 3.05) is 7.11 Å². The van der Waals surface area contributed by atoms with Crippen LogP contribution in [0.1, 0.15) is 5.56 Å². The number of rotatable bonds is 2. The standard InChI is InChI=1S/C18H16OS/c1-12-8-14-10-17(19-2)18(20)11-16(14)15(9-12)13-6-4-3-5-7-13/h3-11,20H,1-2H3. The summed E-state index contributed by atoms with van der Waals surface area (Å²) in [6, 6.07) is 19.0. The van der Waals surface area contributed by atoms with E-state index >= 15 is 0 Å². The van der Waals surface area contributed by atoms with E-state index in [2.05, 4.69) is 68.1 Å². The molecule has 1 nitrogen and oxygen atoms in total. The van der Waals surface area contributed by atoms with Gasteiger partial charge in [0.2, 0.25) is 0 Å². The highest BCUT2D eigenvalue weighted by Gasteiger charge is 2.08. The number of aryl methyl sites for hydroxylation is 1. The SMILES string of the molecule is COc1cc2cc(C)cc(-c3ccccc3)c2cc1S. The van der Waals surface area contributed by atoms with E-state index < -0.39 is 0 Å². The average molecular weight is 280 g/mol. The van der Waals surface area contributed by atoms with Gasteiger partial charge in [-0.25, -0.2) is 0 Å². The molecule has 0 spiro atoms. The van der Waals surface area contributed by atoms with E-state index in [0.29, 0.717) is 0 Å². The quantitative estimate of drug-likeness (QED) is 0.642. The van der Waals surface area contributed by atoms with E-state index in [1.807, 2.05) is 6.07 Å². The zero-order chi connectivity index (χ0) is 14.1. The van der Waals surface area contributed by atoms with Gasteiger partial charge in [-0.3, -0.25) is 0 Å². The Kier molecular flexibility index (Phi) is 3.41. The highest BCUT2D eigenvalue weighted by Crippen LogP contribution is 2.35. The molecule has 0 fully saturated rings. The lowest BCUT2D eigenvalue weighted by molar-refractivity contribution is 0.406. The van der Waals surface area contributed by atoms with Gasteiger partial charge in [0.15, 0.2) is 0 Å². The topological polar surface area (TPSA) is 9.23 Å². The van der Waals surface area contributed by atoms with Crippen molar-refractivity contribution in [1.29, 1.82) is 0 Å². The van der Waals surface area contributed by atoms with Gasteiger partial charge in [-0.2, -0.15) is 0 Å². The fourth-order valence-corrected chi connectivity index (χ4v) is 2.83. The van der Waals surface area contributed by atoms with E-state index in [0.717, 1.165) is 10.6 Å². The Morgan fingerprint density at radius 2 is 1.70 bits per heavy atom. The predicted molar refractivity (Wildman–Crippen MR) is 87.9 cm³/mol. The monoisotopic (exact) mass is 280 g/mol. The zero-order valence-electron chi connectivity index (χ0n) is 11.6. The maximum atomic E-state index is 5.36. The minimum Gasteiger partial charge on any atom is -0.496 e. The van der Waals surface area contributed by atoms with Crippen LogP contribution < -0.4 is 4.74 Å². The lowest BCUT2D eigenvalue weighted by Gasteiger charge is -2.12. The van der Waals surface area contributed by atoms with Crippen LogP contribution in [0.15, 0.2) is 59.5 Å². The Hall–Kier alpha value is -1.93. The Bertz CT molecular complexity index is 763. The summed E-state index contributed by atoms with van der Waals surface area (Å²) < 4.78 is 5.36. The van der Waals surface area contributed by atoms with Gasteiger partial charge in [-0.05, 0) is 46.5 Å². The first kappa shape index (κ1) is 13.1. The Labute approximate surface area is 124 Å². The molecule has 0 radical (unpaired) electrons.